The van der Waals surface area contributed by atoms with Crippen LogP contribution in [0, 0.1) is 0 Å². The molecule has 0 unspecified atom stereocenters. The molecule has 0 fully saturated rings. The number of carbonyl (C=O) groups is 1. The molecule has 8 heteroatoms. The second-order valence-corrected chi connectivity index (χ2v) is 7.42. The van der Waals surface area contributed by atoms with Crippen molar-refractivity contribution in [3.63, 3.8) is 0 Å². The van der Waals surface area contributed by atoms with E-state index >= 15 is 0 Å². The zero-order valence-corrected chi connectivity index (χ0v) is 17.7. The van der Waals surface area contributed by atoms with Crippen LogP contribution in [0.25, 0.3) is 0 Å². The second kappa shape index (κ2) is 10.0. The van der Waals surface area contributed by atoms with E-state index < -0.39 is 17.6 Å². The number of alkyl halides is 3. The lowest BCUT2D eigenvalue weighted by Gasteiger charge is -2.24. The number of ether oxygens (including phenoxy) is 1. The quantitative estimate of drug-likeness (QED) is 0.454. The van der Waals surface area contributed by atoms with Crippen molar-refractivity contribution in [2.75, 3.05) is 20.3 Å². The maximum atomic E-state index is 13.1. The van der Waals surface area contributed by atoms with Gasteiger partial charge in [0.25, 0.3) is 5.91 Å². The maximum Gasteiger partial charge on any atom is 0.416 e. The third-order valence-electron chi connectivity index (χ3n) is 4.86. The minimum atomic E-state index is -4.52. The molecule has 164 valence electrons. The first kappa shape index (κ1) is 22.9. The van der Waals surface area contributed by atoms with Crippen LogP contribution in [0.15, 0.2) is 66.9 Å². The molecule has 1 amide bonds. The van der Waals surface area contributed by atoms with Crippen molar-refractivity contribution in [2.24, 2.45) is 0 Å². The summed E-state index contributed by atoms with van der Waals surface area (Å²) >= 11 is 6.26. The van der Waals surface area contributed by atoms with Crippen molar-refractivity contribution in [3.05, 3.63) is 94.3 Å². The SMILES string of the molecule is COCCN(Cc1cccn1Cc1ccccc1Cl)C(=O)c1cccc(C(F)(F)F)c1. The Morgan fingerprint density at radius 2 is 1.87 bits per heavy atom. The maximum absolute atomic E-state index is 13.1. The van der Waals surface area contributed by atoms with Crippen LogP contribution in [0.1, 0.15) is 27.2 Å². The molecule has 4 nitrogen and oxygen atoms in total. The van der Waals surface area contributed by atoms with E-state index in [9.17, 15) is 18.0 Å². The van der Waals surface area contributed by atoms with Crippen molar-refractivity contribution >= 4 is 17.5 Å². The van der Waals surface area contributed by atoms with E-state index in [1.54, 1.807) is 0 Å². The van der Waals surface area contributed by atoms with Crippen molar-refractivity contribution in [1.82, 2.24) is 9.47 Å². The highest BCUT2D eigenvalue weighted by molar-refractivity contribution is 6.31. The van der Waals surface area contributed by atoms with Crippen molar-refractivity contribution in [1.29, 1.82) is 0 Å². The van der Waals surface area contributed by atoms with Gasteiger partial charge in [-0.1, -0.05) is 35.9 Å². The largest absolute Gasteiger partial charge is 0.416 e. The van der Waals surface area contributed by atoms with E-state index in [1.807, 2.05) is 47.2 Å². The Morgan fingerprint density at radius 1 is 1.10 bits per heavy atom. The summed E-state index contributed by atoms with van der Waals surface area (Å²) in [6.45, 7) is 1.23. The van der Waals surface area contributed by atoms with Gasteiger partial charge in [0, 0.05) is 42.7 Å². The van der Waals surface area contributed by atoms with Gasteiger partial charge in [-0.05, 0) is 42.0 Å². The van der Waals surface area contributed by atoms with Gasteiger partial charge in [0.15, 0.2) is 0 Å². The van der Waals surface area contributed by atoms with Crippen LogP contribution >= 0.6 is 11.6 Å². The number of rotatable bonds is 8. The van der Waals surface area contributed by atoms with Crippen LogP contribution in [-0.4, -0.2) is 35.6 Å². The number of nitrogens with zero attached hydrogens (tertiary/aromatic N) is 2. The predicted octanol–water partition coefficient (Wildman–Crippen LogP) is 5.50. The number of benzene rings is 2. The topological polar surface area (TPSA) is 34.5 Å². The monoisotopic (exact) mass is 450 g/mol. The fourth-order valence-electron chi connectivity index (χ4n) is 3.22. The van der Waals surface area contributed by atoms with E-state index in [4.69, 9.17) is 16.3 Å². The summed E-state index contributed by atoms with van der Waals surface area (Å²) in [7, 11) is 1.51. The minimum Gasteiger partial charge on any atom is -0.383 e. The predicted molar refractivity (Wildman–Crippen MR) is 113 cm³/mol. The molecule has 0 saturated carbocycles. The first-order chi connectivity index (χ1) is 14.8. The smallest absolute Gasteiger partial charge is 0.383 e. The Labute approximate surface area is 183 Å². The molecule has 0 aliphatic carbocycles. The third kappa shape index (κ3) is 5.89. The zero-order chi connectivity index (χ0) is 22.4. The van der Waals surface area contributed by atoms with E-state index in [0.717, 1.165) is 23.4 Å². The molecule has 31 heavy (non-hydrogen) atoms. The van der Waals surface area contributed by atoms with Crippen LogP contribution in [-0.2, 0) is 24.0 Å². The molecule has 0 bridgehead atoms. The number of halogens is 4. The average molecular weight is 451 g/mol. The Kier molecular flexibility index (Phi) is 7.41. The van der Waals surface area contributed by atoms with Crippen molar-refractivity contribution in [3.8, 4) is 0 Å². The molecule has 0 saturated heterocycles. The van der Waals surface area contributed by atoms with Crippen molar-refractivity contribution in [2.45, 2.75) is 19.3 Å². The molecule has 1 aromatic heterocycles. The lowest BCUT2D eigenvalue weighted by molar-refractivity contribution is -0.137. The van der Waals surface area contributed by atoms with Gasteiger partial charge in [0.1, 0.15) is 0 Å². The van der Waals surface area contributed by atoms with Gasteiger partial charge in [-0.25, -0.2) is 0 Å². The molecule has 1 heterocycles. The Hall–Kier alpha value is -2.77. The van der Waals surface area contributed by atoms with Gasteiger partial charge < -0.3 is 14.2 Å². The molecular weight excluding hydrogens is 429 g/mol. The molecule has 2 aromatic carbocycles. The number of hydrogen-bond acceptors (Lipinski definition) is 2. The van der Waals surface area contributed by atoms with Gasteiger partial charge in [-0.15, -0.1) is 0 Å². The molecule has 0 atom stereocenters. The Balaban J connectivity index is 1.84. The summed E-state index contributed by atoms with van der Waals surface area (Å²) in [5.41, 5.74) is 0.882. The summed E-state index contributed by atoms with van der Waals surface area (Å²) < 4.78 is 46.3. The standard InChI is InChI=1S/C23H22ClF3N2O2/c1-31-13-12-29(22(30)17-7-4-8-19(14-17)23(25,26)27)16-20-9-5-11-28(20)15-18-6-2-3-10-21(18)24/h2-11,14H,12-13,15-16H2,1H3. The highest BCUT2D eigenvalue weighted by Gasteiger charge is 2.31. The van der Waals surface area contributed by atoms with Crippen LogP contribution in [0.4, 0.5) is 13.2 Å². The van der Waals surface area contributed by atoms with E-state index in [-0.39, 0.29) is 25.3 Å². The second-order valence-electron chi connectivity index (χ2n) is 7.02. The number of amides is 1. The van der Waals surface area contributed by atoms with Crippen LogP contribution in [0.5, 0.6) is 0 Å². The molecule has 0 aliphatic rings. The number of carbonyl (C=O) groups excluding carboxylic acids is 1. The molecule has 0 aliphatic heterocycles. The summed E-state index contributed by atoms with van der Waals surface area (Å²) in [6.07, 6.45) is -2.64. The highest BCUT2D eigenvalue weighted by Crippen LogP contribution is 2.30. The molecule has 3 rings (SSSR count). The van der Waals surface area contributed by atoms with Crippen LogP contribution < -0.4 is 0 Å². The highest BCUT2D eigenvalue weighted by atomic mass is 35.5. The van der Waals surface area contributed by atoms with Gasteiger partial charge in [0.2, 0.25) is 0 Å². The van der Waals surface area contributed by atoms with E-state index in [0.29, 0.717) is 11.6 Å². The normalized spacial score (nSPS) is 11.5. The number of hydrogen-bond donors (Lipinski definition) is 0. The molecule has 0 spiro atoms. The van der Waals surface area contributed by atoms with Crippen molar-refractivity contribution < 1.29 is 22.7 Å². The number of aromatic nitrogens is 1. The Bertz CT molecular complexity index is 1030. The van der Waals surface area contributed by atoms with Gasteiger partial charge >= 0.3 is 6.18 Å². The average Bonchev–Trinajstić information content (AvgIpc) is 3.18. The summed E-state index contributed by atoms with van der Waals surface area (Å²) in [4.78, 5) is 14.5. The first-order valence-electron chi connectivity index (χ1n) is 9.62. The lowest BCUT2D eigenvalue weighted by atomic mass is 10.1. The van der Waals surface area contributed by atoms with E-state index in [1.165, 1.54) is 24.1 Å². The van der Waals surface area contributed by atoms with Crippen LogP contribution in [0.2, 0.25) is 5.02 Å². The Morgan fingerprint density at radius 3 is 2.58 bits per heavy atom. The molecular formula is C23H22ClF3N2O2. The first-order valence-corrected chi connectivity index (χ1v) is 10.0. The minimum absolute atomic E-state index is 0.0184. The van der Waals surface area contributed by atoms with Gasteiger partial charge in [-0.3, -0.25) is 4.79 Å². The summed E-state index contributed by atoms with van der Waals surface area (Å²) in [5, 5.41) is 0.637. The van der Waals surface area contributed by atoms with E-state index in [2.05, 4.69) is 0 Å². The fourth-order valence-corrected chi connectivity index (χ4v) is 3.41. The number of methoxy groups -OCH3 is 1. The lowest BCUT2D eigenvalue weighted by Crippen LogP contribution is -2.34. The van der Waals surface area contributed by atoms with Gasteiger partial charge in [-0.2, -0.15) is 13.2 Å². The summed E-state index contributed by atoms with van der Waals surface area (Å²) in [5.74, 6) is -0.492. The zero-order valence-electron chi connectivity index (χ0n) is 16.9. The molecule has 0 N–H and O–H groups in total. The van der Waals surface area contributed by atoms with Gasteiger partial charge in [0.05, 0.1) is 18.7 Å². The molecule has 3 aromatic rings. The fraction of sp³-hybridized carbons (Fsp3) is 0.261. The molecule has 0 radical (unpaired) electrons. The third-order valence-corrected chi connectivity index (χ3v) is 5.23. The summed E-state index contributed by atoms with van der Waals surface area (Å²) in [6, 6.07) is 15.7. The van der Waals surface area contributed by atoms with Crippen LogP contribution in [0.3, 0.4) is 0 Å².